The Morgan fingerprint density at radius 1 is 1.00 bits per heavy atom. The van der Waals surface area contributed by atoms with Crippen LogP contribution in [0.5, 0.6) is 0 Å². The van der Waals surface area contributed by atoms with Gasteiger partial charge in [0.15, 0.2) is 0 Å². The normalized spacial score (nSPS) is 11.6. The summed E-state index contributed by atoms with van der Waals surface area (Å²) in [6.45, 7) is 2.07. The van der Waals surface area contributed by atoms with E-state index in [1.807, 2.05) is 30.3 Å². The van der Waals surface area contributed by atoms with Crippen LogP contribution >= 0.6 is 11.8 Å². The predicted octanol–water partition coefficient (Wildman–Crippen LogP) is 4.16. The van der Waals surface area contributed by atoms with Crippen molar-refractivity contribution in [3.05, 3.63) is 66.0 Å². The first-order valence-electron chi connectivity index (χ1n) is 8.56. The highest BCUT2D eigenvalue weighted by atomic mass is 32.2. The Labute approximate surface area is 157 Å². The van der Waals surface area contributed by atoms with E-state index in [9.17, 15) is 14.0 Å². The van der Waals surface area contributed by atoms with Gasteiger partial charge in [0.25, 0.3) is 0 Å². The maximum Gasteiger partial charge on any atom is 0.234 e. The van der Waals surface area contributed by atoms with Crippen molar-refractivity contribution in [3.63, 3.8) is 0 Å². The molecule has 0 saturated heterocycles. The van der Waals surface area contributed by atoms with Crippen molar-refractivity contribution < 1.29 is 14.0 Å². The number of hydrogen-bond acceptors (Lipinski definition) is 3. The average molecular weight is 374 g/mol. The molecule has 0 aliphatic carbocycles. The molecule has 4 nitrogen and oxygen atoms in total. The Kier molecular flexibility index (Phi) is 8.15. The molecule has 0 aliphatic rings. The van der Waals surface area contributed by atoms with E-state index in [1.165, 1.54) is 23.9 Å². The van der Waals surface area contributed by atoms with Crippen LogP contribution in [0, 0.1) is 5.82 Å². The zero-order chi connectivity index (χ0) is 18.8. The molecule has 2 rings (SSSR count). The van der Waals surface area contributed by atoms with Gasteiger partial charge in [0.1, 0.15) is 5.82 Å². The topological polar surface area (TPSA) is 58.2 Å². The van der Waals surface area contributed by atoms with E-state index in [0.717, 1.165) is 18.4 Å². The van der Waals surface area contributed by atoms with Crippen LogP contribution in [-0.4, -0.2) is 23.3 Å². The zero-order valence-electron chi connectivity index (χ0n) is 14.7. The first-order valence-corrected chi connectivity index (χ1v) is 9.72. The molecule has 0 unspecified atom stereocenters. The predicted molar refractivity (Wildman–Crippen MR) is 105 cm³/mol. The van der Waals surface area contributed by atoms with Crippen molar-refractivity contribution in [1.82, 2.24) is 5.32 Å². The van der Waals surface area contributed by atoms with Crippen LogP contribution in [0.4, 0.5) is 10.1 Å². The molecule has 0 aliphatic heterocycles. The molecule has 0 fully saturated rings. The zero-order valence-corrected chi connectivity index (χ0v) is 15.5. The number of para-hydroxylation sites is 1. The maximum absolute atomic E-state index is 13.5. The molecule has 1 atom stereocenters. The number of rotatable bonds is 9. The van der Waals surface area contributed by atoms with Crippen molar-refractivity contribution in [3.8, 4) is 0 Å². The lowest BCUT2D eigenvalue weighted by molar-refractivity contribution is -0.119. The molecular weight excluding hydrogens is 351 g/mol. The van der Waals surface area contributed by atoms with Crippen LogP contribution < -0.4 is 10.6 Å². The van der Waals surface area contributed by atoms with Crippen molar-refractivity contribution >= 4 is 29.3 Å². The molecule has 0 heterocycles. The lowest BCUT2D eigenvalue weighted by atomic mass is 10.0. The second-order valence-electron chi connectivity index (χ2n) is 5.84. The molecular formula is C20H23FN2O2S. The standard InChI is InChI=1S/C20H23FN2O2S/c1-2-8-17(15-9-4-3-5-10-15)22-19(24)13-26-14-20(25)23-18-12-7-6-11-16(18)21/h3-7,9-12,17H,2,8,13-14H2,1H3,(H,22,24)(H,23,25)/t17-/m1/s1. The van der Waals surface area contributed by atoms with Crippen LogP contribution in [0.25, 0.3) is 0 Å². The molecule has 6 heteroatoms. The number of amides is 2. The van der Waals surface area contributed by atoms with Crippen molar-refractivity contribution in [1.29, 1.82) is 0 Å². The Balaban J connectivity index is 1.77. The second kappa shape index (κ2) is 10.6. The van der Waals surface area contributed by atoms with E-state index >= 15 is 0 Å². The van der Waals surface area contributed by atoms with Crippen LogP contribution in [0.15, 0.2) is 54.6 Å². The lowest BCUT2D eigenvalue weighted by Crippen LogP contribution is -2.30. The fraction of sp³-hybridized carbons (Fsp3) is 0.300. The number of thioether (sulfide) groups is 1. The summed E-state index contributed by atoms with van der Waals surface area (Å²) in [5.41, 5.74) is 1.22. The molecule has 26 heavy (non-hydrogen) atoms. The number of carbonyl (C=O) groups is 2. The van der Waals surface area contributed by atoms with E-state index in [2.05, 4.69) is 17.6 Å². The molecule has 0 radical (unpaired) electrons. The molecule has 0 saturated carbocycles. The summed E-state index contributed by atoms with van der Waals surface area (Å²) in [5.74, 6) is -0.658. The molecule has 2 aromatic carbocycles. The highest BCUT2D eigenvalue weighted by Gasteiger charge is 2.14. The molecule has 0 spiro atoms. The quantitative estimate of drug-likeness (QED) is 0.693. The summed E-state index contributed by atoms with van der Waals surface area (Å²) >= 11 is 1.20. The summed E-state index contributed by atoms with van der Waals surface area (Å²) in [7, 11) is 0. The van der Waals surface area contributed by atoms with Crippen molar-refractivity contribution in [2.75, 3.05) is 16.8 Å². The first-order chi connectivity index (χ1) is 12.6. The molecule has 2 N–H and O–H groups in total. The first kappa shape index (κ1) is 20.0. The van der Waals surface area contributed by atoms with Crippen LogP contribution in [0.3, 0.4) is 0 Å². The minimum Gasteiger partial charge on any atom is -0.349 e. The fourth-order valence-electron chi connectivity index (χ4n) is 2.52. The molecule has 0 bridgehead atoms. The Bertz CT molecular complexity index is 725. The van der Waals surface area contributed by atoms with Gasteiger partial charge in [-0.15, -0.1) is 11.8 Å². The third-order valence-corrected chi connectivity index (χ3v) is 4.66. The summed E-state index contributed by atoms with van der Waals surface area (Å²) in [6, 6.07) is 15.8. The number of anilines is 1. The average Bonchev–Trinajstić information content (AvgIpc) is 2.64. The minimum absolute atomic E-state index is 0.0264. The van der Waals surface area contributed by atoms with Crippen LogP contribution in [0.2, 0.25) is 0 Å². The third kappa shape index (κ3) is 6.52. The largest absolute Gasteiger partial charge is 0.349 e. The van der Waals surface area contributed by atoms with Gasteiger partial charge in [0.05, 0.1) is 23.2 Å². The van der Waals surface area contributed by atoms with Gasteiger partial charge >= 0.3 is 0 Å². The Morgan fingerprint density at radius 3 is 2.35 bits per heavy atom. The Hall–Kier alpha value is -2.34. The van der Waals surface area contributed by atoms with Crippen molar-refractivity contribution in [2.24, 2.45) is 0 Å². The third-order valence-electron chi connectivity index (χ3n) is 3.73. The van der Waals surface area contributed by atoms with Gasteiger partial charge < -0.3 is 10.6 Å². The van der Waals surface area contributed by atoms with Crippen molar-refractivity contribution in [2.45, 2.75) is 25.8 Å². The Morgan fingerprint density at radius 2 is 1.65 bits per heavy atom. The highest BCUT2D eigenvalue weighted by molar-refractivity contribution is 8.00. The molecule has 2 aromatic rings. The molecule has 0 aromatic heterocycles. The fourth-order valence-corrected chi connectivity index (χ4v) is 3.15. The van der Waals surface area contributed by atoms with E-state index in [1.54, 1.807) is 12.1 Å². The molecule has 2 amide bonds. The second-order valence-corrected chi connectivity index (χ2v) is 6.83. The van der Waals surface area contributed by atoms with Gasteiger partial charge in [-0.1, -0.05) is 55.8 Å². The van der Waals surface area contributed by atoms with Gasteiger partial charge in [0, 0.05) is 0 Å². The van der Waals surface area contributed by atoms with Gasteiger partial charge in [-0.25, -0.2) is 4.39 Å². The monoisotopic (exact) mass is 374 g/mol. The number of hydrogen-bond donors (Lipinski definition) is 2. The van der Waals surface area contributed by atoms with E-state index in [4.69, 9.17) is 0 Å². The van der Waals surface area contributed by atoms with Gasteiger partial charge in [-0.3, -0.25) is 9.59 Å². The van der Waals surface area contributed by atoms with Gasteiger partial charge in [0.2, 0.25) is 11.8 Å². The lowest BCUT2D eigenvalue weighted by Gasteiger charge is -2.18. The molecule has 138 valence electrons. The number of halogens is 1. The summed E-state index contributed by atoms with van der Waals surface area (Å²) in [5, 5.41) is 5.52. The summed E-state index contributed by atoms with van der Waals surface area (Å²) in [4.78, 5) is 24.0. The summed E-state index contributed by atoms with van der Waals surface area (Å²) < 4.78 is 13.5. The van der Waals surface area contributed by atoms with E-state index in [-0.39, 0.29) is 35.0 Å². The van der Waals surface area contributed by atoms with Gasteiger partial charge in [-0.2, -0.15) is 0 Å². The van der Waals surface area contributed by atoms with Crippen LogP contribution in [0.1, 0.15) is 31.4 Å². The summed E-state index contributed by atoms with van der Waals surface area (Å²) in [6.07, 6.45) is 1.81. The number of carbonyl (C=O) groups excluding carboxylic acids is 2. The van der Waals surface area contributed by atoms with E-state index in [0.29, 0.717) is 0 Å². The maximum atomic E-state index is 13.5. The minimum atomic E-state index is -0.478. The highest BCUT2D eigenvalue weighted by Crippen LogP contribution is 2.18. The number of benzene rings is 2. The smallest absolute Gasteiger partial charge is 0.234 e. The van der Waals surface area contributed by atoms with Gasteiger partial charge in [-0.05, 0) is 24.1 Å². The SMILES string of the molecule is CCC[C@@H](NC(=O)CSCC(=O)Nc1ccccc1F)c1ccccc1. The van der Waals surface area contributed by atoms with Crippen LogP contribution in [-0.2, 0) is 9.59 Å². The van der Waals surface area contributed by atoms with E-state index < -0.39 is 5.82 Å². The number of nitrogens with one attached hydrogen (secondary N) is 2.